The standard InChI is InChI=1S/C17H17F3N2O3S/c1-22(10-12-2-4-14(5-3-12)25-17(18,19)20)15(23)6-8-21-16(24)13-7-9-26-11-13/h2-5,7,9,11H,6,8,10H2,1H3,(H,21,24). The molecule has 1 heterocycles. The van der Waals surface area contributed by atoms with Crippen LogP contribution < -0.4 is 10.1 Å². The molecular formula is C17H17F3N2O3S. The molecular weight excluding hydrogens is 369 g/mol. The molecule has 0 aliphatic carbocycles. The molecule has 26 heavy (non-hydrogen) atoms. The minimum absolute atomic E-state index is 0.127. The van der Waals surface area contributed by atoms with Crippen LogP contribution in [0.25, 0.3) is 0 Å². The smallest absolute Gasteiger partial charge is 0.406 e. The lowest BCUT2D eigenvalue weighted by Gasteiger charge is -2.18. The van der Waals surface area contributed by atoms with Gasteiger partial charge in [-0.2, -0.15) is 11.3 Å². The molecule has 2 amide bonds. The predicted molar refractivity (Wildman–Crippen MR) is 90.9 cm³/mol. The second kappa shape index (κ2) is 8.70. The Kier molecular flexibility index (Phi) is 6.62. The highest BCUT2D eigenvalue weighted by Crippen LogP contribution is 2.23. The van der Waals surface area contributed by atoms with Crippen LogP contribution in [0.5, 0.6) is 5.75 Å². The van der Waals surface area contributed by atoms with E-state index in [-0.39, 0.29) is 37.1 Å². The predicted octanol–water partition coefficient (Wildman–Crippen LogP) is 3.43. The molecule has 0 spiro atoms. The van der Waals surface area contributed by atoms with E-state index in [2.05, 4.69) is 10.1 Å². The molecule has 0 aliphatic heterocycles. The van der Waals surface area contributed by atoms with E-state index in [9.17, 15) is 22.8 Å². The highest BCUT2D eigenvalue weighted by Gasteiger charge is 2.30. The van der Waals surface area contributed by atoms with Crippen molar-refractivity contribution in [2.75, 3.05) is 13.6 Å². The summed E-state index contributed by atoms with van der Waals surface area (Å²) >= 11 is 1.41. The van der Waals surface area contributed by atoms with Crippen molar-refractivity contribution >= 4 is 23.2 Å². The maximum Gasteiger partial charge on any atom is 0.573 e. The van der Waals surface area contributed by atoms with Gasteiger partial charge in [0, 0.05) is 37.5 Å². The summed E-state index contributed by atoms with van der Waals surface area (Å²) in [7, 11) is 1.59. The normalized spacial score (nSPS) is 11.1. The molecule has 9 heteroatoms. The fraction of sp³-hybridized carbons (Fsp3) is 0.294. The molecule has 0 fully saturated rings. The van der Waals surface area contributed by atoms with E-state index in [1.54, 1.807) is 23.9 Å². The monoisotopic (exact) mass is 386 g/mol. The number of alkyl halides is 3. The van der Waals surface area contributed by atoms with Crippen LogP contribution in [0.2, 0.25) is 0 Å². The van der Waals surface area contributed by atoms with E-state index in [0.29, 0.717) is 11.1 Å². The number of rotatable bonds is 7. The average molecular weight is 386 g/mol. The Hall–Kier alpha value is -2.55. The van der Waals surface area contributed by atoms with E-state index in [4.69, 9.17) is 0 Å². The first-order valence-corrected chi connectivity index (χ1v) is 8.58. The number of thiophene rings is 1. The molecule has 2 aromatic rings. The lowest BCUT2D eigenvalue weighted by molar-refractivity contribution is -0.274. The van der Waals surface area contributed by atoms with Gasteiger partial charge in [0.15, 0.2) is 0 Å². The van der Waals surface area contributed by atoms with Gasteiger partial charge in [0.2, 0.25) is 5.91 Å². The van der Waals surface area contributed by atoms with Crippen molar-refractivity contribution in [2.24, 2.45) is 0 Å². The number of nitrogens with zero attached hydrogens (tertiary/aromatic N) is 1. The van der Waals surface area contributed by atoms with Gasteiger partial charge in [0.25, 0.3) is 5.91 Å². The van der Waals surface area contributed by atoms with Crippen LogP contribution in [0.15, 0.2) is 41.1 Å². The molecule has 2 rings (SSSR count). The van der Waals surface area contributed by atoms with E-state index in [1.165, 1.54) is 40.5 Å². The Morgan fingerprint density at radius 3 is 2.46 bits per heavy atom. The molecule has 1 aromatic carbocycles. The van der Waals surface area contributed by atoms with Crippen molar-refractivity contribution in [3.05, 3.63) is 52.2 Å². The molecule has 5 nitrogen and oxygen atoms in total. The summed E-state index contributed by atoms with van der Waals surface area (Å²) in [6.45, 7) is 0.444. The Bertz CT molecular complexity index is 731. The molecule has 1 N–H and O–H groups in total. The van der Waals surface area contributed by atoms with Crippen LogP contribution in [0.4, 0.5) is 13.2 Å². The molecule has 0 saturated carbocycles. The summed E-state index contributed by atoms with van der Waals surface area (Å²) in [6, 6.07) is 7.01. The van der Waals surface area contributed by atoms with Crippen molar-refractivity contribution < 1.29 is 27.5 Å². The Morgan fingerprint density at radius 1 is 1.19 bits per heavy atom. The topological polar surface area (TPSA) is 58.6 Å². The van der Waals surface area contributed by atoms with Gasteiger partial charge in [0.1, 0.15) is 5.75 Å². The summed E-state index contributed by atoms with van der Waals surface area (Å²) in [5, 5.41) is 6.17. The molecule has 0 aliphatic rings. The minimum atomic E-state index is -4.73. The van der Waals surface area contributed by atoms with E-state index >= 15 is 0 Å². The molecule has 0 unspecified atom stereocenters. The lowest BCUT2D eigenvalue weighted by atomic mass is 10.2. The van der Waals surface area contributed by atoms with Crippen LogP contribution >= 0.6 is 11.3 Å². The first kappa shape index (κ1) is 19.8. The number of carbonyl (C=O) groups is 2. The average Bonchev–Trinajstić information content (AvgIpc) is 3.09. The Balaban J connectivity index is 1.76. The molecule has 0 radical (unpaired) electrons. The van der Waals surface area contributed by atoms with Gasteiger partial charge in [-0.1, -0.05) is 12.1 Å². The number of hydrogen-bond donors (Lipinski definition) is 1. The van der Waals surface area contributed by atoms with E-state index in [1.807, 2.05) is 0 Å². The van der Waals surface area contributed by atoms with E-state index in [0.717, 1.165) is 0 Å². The fourth-order valence-electron chi connectivity index (χ4n) is 2.13. The number of amides is 2. The maximum absolute atomic E-state index is 12.1. The molecule has 0 atom stereocenters. The summed E-state index contributed by atoms with van der Waals surface area (Å²) in [6.07, 6.45) is -4.61. The van der Waals surface area contributed by atoms with Gasteiger partial charge in [-0.3, -0.25) is 9.59 Å². The minimum Gasteiger partial charge on any atom is -0.406 e. The van der Waals surface area contributed by atoms with Gasteiger partial charge >= 0.3 is 6.36 Å². The summed E-state index contributed by atoms with van der Waals surface area (Å²) < 4.78 is 40.2. The van der Waals surface area contributed by atoms with Crippen molar-refractivity contribution in [3.63, 3.8) is 0 Å². The largest absolute Gasteiger partial charge is 0.573 e. The van der Waals surface area contributed by atoms with Crippen LogP contribution in [0.3, 0.4) is 0 Å². The van der Waals surface area contributed by atoms with Crippen molar-refractivity contribution in [3.8, 4) is 5.75 Å². The van der Waals surface area contributed by atoms with Crippen LogP contribution in [-0.2, 0) is 11.3 Å². The highest BCUT2D eigenvalue weighted by molar-refractivity contribution is 7.08. The molecule has 0 saturated heterocycles. The van der Waals surface area contributed by atoms with Gasteiger partial charge in [0.05, 0.1) is 0 Å². The fourth-order valence-corrected chi connectivity index (χ4v) is 2.76. The number of benzene rings is 1. The number of ether oxygens (including phenoxy) is 1. The van der Waals surface area contributed by atoms with Crippen LogP contribution in [0.1, 0.15) is 22.3 Å². The first-order valence-electron chi connectivity index (χ1n) is 7.63. The number of nitrogens with one attached hydrogen (secondary N) is 1. The first-order chi connectivity index (χ1) is 12.2. The highest BCUT2D eigenvalue weighted by atomic mass is 32.1. The van der Waals surface area contributed by atoms with Crippen molar-refractivity contribution in [1.29, 1.82) is 0 Å². The third kappa shape index (κ3) is 6.40. The quantitative estimate of drug-likeness (QED) is 0.793. The Labute approximate surface area is 152 Å². The number of hydrogen-bond acceptors (Lipinski definition) is 4. The SMILES string of the molecule is CN(Cc1ccc(OC(F)(F)F)cc1)C(=O)CCNC(=O)c1ccsc1. The molecule has 140 valence electrons. The zero-order valence-electron chi connectivity index (χ0n) is 13.9. The zero-order chi connectivity index (χ0) is 19.2. The molecule has 1 aromatic heterocycles. The third-order valence-corrected chi connectivity index (χ3v) is 4.09. The molecule has 0 bridgehead atoms. The number of carbonyl (C=O) groups excluding carboxylic acids is 2. The summed E-state index contributed by atoms with van der Waals surface area (Å²) in [4.78, 5) is 25.3. The van der Waals surface area contributed by atoms with Crippen LogP contribution in [0, 0.1) is 0 Å². The van der Waals surface area contributed by atoms with Crippen molar-refractivity contribution in [1.82, 2.24) is 10.2 Å². The Morgan fingerprint density at radius 2 is 1.88 bits per heavy atom. The zero-order valence-corrected chi connectivity index (χ0v) is 14.7. The maximum atomic E-state index is 12.1. The van der Waals surface area contributed by atoms with E-state index < -0.39 is 6.36 Å². The van der Waals surface area contributed by atoms with Crippen LogP contribution in [-0.4, -0.2) is 36.7 Å². The summed E-state index contributed by atoms with van der Waals surface area (Å²) in [5.74, 6) is -0.737. The van der Waals surface area contributed by atoms with Crippen molar-refractivity contribution in [2.45, 2.75) is 19.3 Å². The second-order valence-electron chi connectivity index (χ2n) is 5.46. The van der Waals surface area contributed by atoms with Gasteiger partial charge in [-0.25, -0.2) is 0 Å². The lowest BCUT2D eigenvalue weighted by Crippen LogP contribution is -2.31. The second-order valence-corrected chi connectivity index (χ2v) is 6.24. The number of halogens is 3. The summed E-state index contributed by atoms with van der Waals surface area (Å²) in [5.41, 5.74) is 1.22. The third-order valence-electron chi connectivity index (χ3n) is 3.41. The van der Waals surface area contributed by atoms with Gasteiger partial charge in [-0.05, 0) is 29.1 Å². The van der Waals surface area contributed by atoms with Gasteiger partial charge < -0.3 is 15.0 Å². The van der Waals surface area contributed by atoms with Gasteiger partial charge in [-0.15, -0.1) is 13.2 Å².